The van der Waals surface area contributed by atoms with E-state index in [9.17, 15) is 13.2 Å². The van der Waals surface area contributed by atoms with Crippen LogP contribution in [0.25, 0.3) is 0 Å². The van der Waals surface area contributed by atoms with Crippen molar-refractivity contribution in [2.45, 2.75) is 43.4 Å². The number of esters is 1. The van der Waals surface area contributed by atoms with E-state index >= 15 is 0 Å². The molecule has 0 saturated heterocycles. The van der Waals surface area contributed by atoms with E-state index in [0.29, 0.717) is 17.4 Å². The summed E-state index contributed by atoms with van der Waals surface area (Å²) in [5, 5.41) is 1.55. The lowest BCUT2D eigenvalue weighted by atomic mass is 9.85. The van der Waals surface area contributed by atoms with E-state index in [-0.39, 0.29) is 9.77 Å². The summed E-state index contributed by atoms with van der Waals surface area (Å²) < 4.78 is 38.2. The molecule has 1 heterocycles. The Morgan fingerprint density at radius 1 is 1.18 bits per heavy atom. The van der Waals surface area contributed by atoms with Crippen LogP contribution >= 0.6 is 11.3 Å². The molecule has 6 nitrogen and oxygen atoms in total. The van der Waals surface area contributed by atoms with Gasteiger partial charge in [0.05, 0.1) is 19.9 Å². The lowest BCUT2D eigenvalue weighted by Gasteiger charge is -2.22. The fourth-order valence-corrected chi connectivity index (χ4v) is 6.03. The van der Waals surface area contributed by atoms with Gasteiger partial charge >= 0.3 is 5.97 Å². The Bertz CT molecular complexity index is 930. The molecule has 0 spiro atoms. The van der Waals surface area contributed by atoms with Crippen LogP contribution in [0.5, 0.6) is 5.75 Å². The predicted octanol–water partition coefficient (Wildman–Crippen LogP) is 4.47. The zero-order valence-corrected chi connectivity index (χ0v) is 17.7. The molecule has 1 saturated carbocycles. The quantitative estimate of drug-likeness (QED) is 0.665. The number of carbonyl (C=O) groups excluding carboxylic acids is 1. The summed E-state index contributed by atoms with van der Waals surface area (Å²) in [7, 11) is -1.21. The molecular formula is C20H25NO5S2. The number of hydrogen-bond acceptors (Lipinski definition) is 6. The normalized spacial score (nSPS) is 15.2. The average molecular weight is 424 g/mol. The van der Waals surface area contributed by atoms with Crippen molar-refractivity contribution in [3.63, 3.8) is 0 Å². The predicted molar refractivity (Wildman–Crippen MR) is 110 cm³/mol. The molecule has 0 aliphatic heterocycles. The molecule has 0 unspecified atom stereocenters. The number of hydrogen-bond donors (Lipinski definition) is 1. The van der Waals surface area contributed by atoms with E-state index in [1.807, 2.05) is 12.1 Å². The highest BCUT2D eigenvalue weighted by molar-refractivity contribution is 7.93. The summed E-state index contributed by atoms with van der Waals surface area (Å²) in [5.74, 6) is 0.464. The van der Waals surface area contributed by atoms with Crippen LogP contribution in [0.15, 0.2) is 34.5 Å². The highest BCUT2D eigenvalue weighted by Crippen LogP contribution is 2.33. The number of carbonyl (C=O) groups is 1. The molecule has 8 heteroatoms. The van der Waals surface area contributed by atoms with Crippen LogP contribution in [-0.4, -0.2) is 28.6 Å². The minimum atomic E-state index is -3.95. The summed E-state index contributed by atoms with van der Waals surface area (Å²) in [6.07, 6.45) is 7.33. The van der Waals surface area contributed by atoms with Crippen molar-refractivity contribution in [2.24, 2.45) is 5.92 Å². The Kier molecular flexibility index (Phi) is 6.61. The number of ether oxygens (including phenoxy) is 2. The third kappa shape index (κ3) is 4.67. The molecule has 1 aromatic heterocycles. The molecule has 152 valence electrons. The third-order valence-corrected chi connectivity index (χ3v) is 7.48. The van der Waals surface area contributed by atoms with Gasteiger partial charge < -0.3 is 9.47 Å². The number of rotatable bonds is 7. The number of anilines is 1. The molecule has 2 aromatic rings. The van der Waals surface area contributed by atoms with Crippen molar-refractivity contribution in [1.82, 2.24) is 0 Å². The van der Waals surface area contributed by atoms with Gasteiger partial charge in [-0.3, -0.25) is 4.72 Å². The van der Waals surface area contributed by atoms with Crippen molar-refractivity contribution in [2.75, 3.05) is 18.9 Å². The third-order valence-electron chi connectivity index (χ3n) is 5.05. The maximum absolute atomic E-state index is 12.8. The second kappa shape index (κ2) is 8.96. The maximum atomic E-state index is 12.8. The van der Waals surface area contributed by atoms with Gasteiger partial charge in [-0.1, -0.05) is 38.2 Å². The highest BCUT2D eigenvalue weighted by atomic mass is 32.2. The molecule has 0 atom stereocenters. The van der Waals surface area contributed by atoms with Crippen molar-refractivity contribution in [1.29, 1.82) is 0 Å². The van der Waals surface area contributed by atoms with Gasteiger partial charge in [-0.25, -0.2) is 13.2 Å². The van der Waals surface area contributed by atoms with E-state index in [4.69, 9.17) is 4.74 Å². The summed E-state index contributed by atoms with van der Waals surface area (Å²) >= 11 is 1.03. The largest absolute Gasteiger partial charge is 0.495 e. The number of nitrogens with one attached hydrogen (secondary N) is 1. The smallest absolute Gasteiger partial charge is 0.349 e. The summed E-state index contributed by atoms with van der Waals surface area (Å²) in [6.45, 7) is 0. The van der Waals surface area contributed by atoms with Gasteiger partial charge in [0, 0.05) is 0 Å². The summed E-state index contributed by atoms with van der Waals surface area (Å²) in [4.78, 5) is 11.8. The van der Waals surface area contributed by atoms with Gasteiger partial charge in [-0.05, 0) is 41.5 Å². The zero-order valence-electron chi connectivity index (χ0n) is 16.1. The van der Waals surface area contributed by atoms with Gasteiger partial charge in [0.1, 0.15) is 15.5 Å². The zero-order chi connectivity index (χ0) is 20.1. The summed E-state index contributed by atoms with van der Waals surface area (Å²) in [5.41, 5.74) is 1.48. The number of methoxy groups -OCH3 is 2. The van der Waals surface area contributed by atoms with Gasteiger partial charge in [0.25, 0.3) is 10.0 Å². The van der Waals surface area contributed by atoms with Crippen LogP contribution in [0.1, 0.15) is 47.3 Å². The Hall–Kier alpha value is -2.06. The van der Waals surface area contributed by atoms with Crippen molar-refractivity contribution in [3.8, 4) is 5.75 Å². The van der Waals surface area contributed by atoms with Crippen LogP contribution in [0.3, 0.4) is 0 Å². The first-order chi connectivity index (χ1) is 13.4. The van der Waals surface area contributed by atoms with Crippen LogP contribution in [-0.2, 0) is 21.2 Å². The molecule has 1 aliphatic rings. The first-order valence-electron chi connectivity index (χ1n) is 9.30. The minimum absolute atomic E-state index is 0.0443. The van der Waals surface area contributed by atoms with Gasteiger partial charge in [0.15, 0.2) is 0 Å². The molecule has 0 amide bonds. The second-order valence-corrected chi connectivity index (χ2v) is 9.52. The van der Waals surface area contributed by atoms with E-state index in [2.05, 4.69) is 9.46 Å². The molecule has 1 fully saturated rings. The van der Waals surface area contributed by atoms with Crippen molar-refractivity contribution < 1.29 is 22.7 Å². The molecule has 1 N–H and O–H groups in total. The second-order valence-electron chi connectivity index (χ2n) is 6.95. The fourth-order valence-electron chi connectivity index (χ4n) is 3.62. The van der Waals surface area contributed by atoms with Crippen LogP contribution in [0.4, 0.5) is 5.69 Å². The SMILES string of the molecule is COC(=O)c1sccc1S(=O)(=O)Nc1ccc(CC2CCCCC2)cc1OC. The Balaban J connectivity index is 1.81. The molecule has 3 rings (SSSR count). The molecular weight excluding hydrogens is 398 g/mol. The van der Waals surface area contributed by atoms with Crippen LogP contribution in [0, 0.1) is 5.92 Å². The first kappa shape index (κ1) is 20.7. The lowest BCUT2D eigenvalue weighted by molar-refractivity contribution is 0.0602. The van der Waals surface area contributed by atoms with E-state index < -0.39 is 16.0 Å². The lowest BCUT2D eigenvalue weighted by Crippen LogP contribution is -2.16. The van der Waals surface area contributed by atoms with E-state index in [1.54, 1.807) is 11.4 Å². The monoisotopic (exact) mass is 423 g/mol. The topological polar surface area (TPSA) is 81.7 Å². The minimum Gasteiger partial charge on any atom is -0.495 e. The summed E-state index contributed by atoms with van der Waals surface area (Å²) in [6, 6.07) is 6.94. The van der Waals surface area contributed by atoms with Crippen LogP contribution in [0.2, 0.25) is 0 Å². The number of benzene rings is 1. The molecule has 0 bridgehead atoms. The Labute approximate surface area is 169 Å². The molecule has 0 radical (unpaired) electrons. The van der Waals surface area contributed by atoms with Gasteiger partial charge in [-0.2, -0.15) is 0 Å². The van der Waals surface area contributed by atoms with Crippen molar-refractivity contribution in [3.05, 3.63) is 40.1 Å². The van der Waals surface area contributed by atoms with Gasteiger partial charge in [0.2, 0.25) is 0 Å². The van der Waals surface area contributed by atoms with Crippen molar-refractivity contribution >= 4 is 33.0 Å². The average Bonchev–Trinajstić information content (AvgIpc) is 3.20. The molecule has 1 aliphatic carbocycles. The standard InChI is InChI=1S/C20H25NO5S2/c1-25-17-13-15(12-14-6-4-3-5-7-14)8-9-16(17)21-28(23,24)18-10-11-27-19(18)20(22)26-2/h8-11,13-14,21H,3-7,12H2,1-2H3. The molecule has 1 aromatic carbocycles. The maximum Gasteiger partial charge on any atom is 0.349 e. The molecule has 28 heavy (non-hydrogen) atoms. The van der Waals surface area contributed by atoms with E-state index in [0.717, 1.165) is 23.3 Å². The first-order valence-corrected chi connectivity index (χ1v) is 11.7. The number of sulfonamides is 1. The fraction of sp³-hybridized carbons (Fsp3) is 0.450. The highest BCUT2D eigenvalue weighted by Gasteiger charge is 2.26. The Morgan fingerprint density at radius 2 is 1.93 bits per heavy atom. The Morgan fingerprint density at radius 3 is 2.61 bits per heavy atom. The van der Waals surface area contributed by atoms with Crippen LogP contribution < -0.4 is 9.46 Å². The van der Waals surface area contributed by atoms with E-state index in [1.165, 1.54) is 52.4 Å². The van der Waals surface area contributed by atoms with Gasteiger partial charge in [-0.15, -0.1) is 11.3 Å². The number of thiophene rings is 1.